The summed E-state index contributed by atoms with van der Waals surface area (Å²) >= 11 is 0. The maximum Gasteiger partial charge on any atom is 0.335 e. The van der Waals surface area contributed by atoms with E-state index in [1.54, 1.807) is 6.08 Å². The number of ether oxygens (including phenoxy) is 2. The standard InChI is InChI=1S/C20H26O4/c1-12(2)10-23-19(21)17-9-16-14(5)7-6-8-15(16)18(17)20(22)24-11-13(3)4/h6-9,12-13,18H,10-11H2,1-5H3. The van der Waals surface area contributed by atoms with Gasteiger partial charge >= 0.3 is 11.9 Å². The van der Waals surface area contributed by atoms with Gasteiger partial charge < -0.3 is 9.47 Å². The van der Waals surface area contributed by atoms with Crippen LogP contribution in [0.25, 0.3) is 6.08 Å². The van der Waals surface area contributed by atoms with Crippen molar-refractivity contribution >= 4 is 18.0 Å². The van der Waals surface area contributed by atoms with Gasteiger partial charge in [0.15, 0.2) is 0 Å². The van der Waals surface area contributed by atoms with Crippen molar-refractivity contribution in [3.8, 4) is 0 Å². The number of hydrogen-bond donors (Lipinski definition) is 0. The highest BCUT2D eigenvalue weighted by Crippen LogP contribution is 2.39. The Labute approximate surface area is 143 Å². The zero-order valence-electron chi connectivity index (χ0n) is 15.1. The van der Waals surface area contributed by atoms with E-state index in [4.69, 9.17) is 9.47 Å². The maximum atomic E-state index is 12.6. The van der Waals surface area contributed by atoms with Gasteiger partial charge in [0, 0.05) is 0 Å². The van der Waals surface area contributed by atoms with Crippen LogP contribution in [0.4, 0.5) is 0 Å². The minimum absolute atomic E-state index is 0.242. The van der Waals surface area contributed by atoms with Gasteiger partial charge in [-0.3, -0.25) is 4.79 Å². The fraction of sp³-hybridized carbons (Fsp3) is 0.500. The normalized spacial score (nSPS) is 16.1. The lowest BCUT2D eigenvalue weighted by Gasteiger charge is -2.17. The number of esters is 2. The first kappa shape index (κ1) is 18.2. The van der Waals surface area contributed by atoms with Crippen LogP contribution in [-0.4, -0.2) is 25.2 Å². The van der Waals surface area contributed by atoms with Crippen molar-refractivity contribution in [3.63, 3.8) is 0 Å². The lowest BCUT2D eigenvalue weighted by atomic mass is 9.94. The van der Waals surface area contributed by atoms with E-state index < -0.39 is 11.9 Å². The molecular formula is C20H26O4. The van der Waals surface area contributed by atoms with Crippen molar-refractivity contribution in [2.45, 2.75) is 40.5 Å². The van der Waals surface area contributed by atoms with Crippen molar-refractivity contribution in [1.82, 2.24) is 0 Å². The third-order valence-corrected chi connectivity index (χ3v) is 3.86. The van der Waals surface area contributed by atoms with Crippen LogP contribution in [0.1, 0.15) is 50.3 Å². The number of fused-ring (bicyclic) bond motifs is 1. The molecule has 0 heterocycles. The van der Waals surface area contributed by atoms with Crippen LogP contribution in [0.15, 0.2) is 23.8 Å². The lowest BCUT2D eigenvalue weighted by Crippen LogP contribution is -2.23. The van der Waals surface area contributed by atoms with Crippen LogP contribution in [-0.2, 0) is 19.1 Å². The van der Waals surface area contributed by atoms with Gasteiger partial charge in [0.2, 0.25) is 0 Å². The van der Waals surface area contributed by atoms with Gasteiger partial charge in [-0.25, -0.2) is 4.79 Å². The van der Waals surface area contributed by atoms with E-state index in [9.17, 15) is 9.59 Å². The predicted molar refractivity (Wildman–Crippen MR) is 93.5 cm³/mol. The SMILES string of the molecule is Cc1cccc2c1C=C(C(=O)OCC(C)C)C2C(=O)OCC(C)C. The second kappa shape index (κ2) is 7.65. The van der Waals surface area contributed by atoms with Crippen molar-refractivity contribution in [3.05, 3.63) is 40.5 Å². The molecule has 4 heteroatoms. The van der Waals surface area contributed by atoms with Crippen LogP contribution in [0, 0.1) is 18.8 Å². The van der Waals surface area contributed by atoms with Gasteiger partial charge in [0.1, 0.15) is 5.92 Å². The average Bonchev–Trinajstić information content (AvgIpc) is 2.91. The minimum Gasteiger partial charge on any atom is -0.465 e. The Kier molecular flexibility index (Phi) is 5.81. The zero-order chi connectivity index (χ0) is 17.9. The third kappa shape index (κ3) is 4.05. The molecule has 0 aromatic heterocycles. The highest BCUT2D eigenvalue weighted by atomic mass is 16.5. The Balaban J connectivity index is 2.29. The summed E-state index contributed by atoms with van der Waals surface area (Å²) in [6.45, 7) is 10.5. The Morgan fingerprint density at radius 1 is 1.04 bits per heavy atom. The Bertz CT molecular complexity index is 656. The number of rotatable bonds is 6. The van der Waals surface area contributed by atoms with E-state index in [-0.39, 0.29) is 17.8 Å². The quantitative estimate of drug-likeness (QED) is 0.743. The summed E-state index contributed by atoms with van der Waals surface area (Å²) in [5, 5.41) is 0. The minimum atomic E-state index is -0.696. The first-order chi connectivity index (χ1) is 11.3. The van der Waals surface area contributed by atoms with Crippen LogP contribution < -0.4 is 0 Å². The van der Waals surface area contributed by atoms with Gasteiger partial charge in [-0.2, -0.15) is 0 Å². The summed E-state index contributed by atoms with van der Waals surface area (Å²) in [6, 6.07) is 5.74. The molecule has 0 spiro atoms. The number of carbonyl (C=O) groups excluding carboxylic acids is 2. The molecule has 1 aromatic carbocycles. The molecule has 0 aliphatic heterocycles. The molecule has 0 saturated heterocycles. The molecule has 24 heavy (non-hydrogen) atoms. The highest BCUT2D eigenvalue weighted by molar-refractivity contribution is 6.06. The van der Waals surface area contributed by atoms with Crippen molar-refractivity contribution in [2.75, 3.05) is 13.2 Å². The summed E-state index contributed by atoms with van der Waals surface area (Å²) in [5.41, 5.74) is 3.13. The Morgan fingerprint density at radius 3 is 2.29 bits per heavy atom. The second-order valence-corrected chi connectivity index (χ2v) is 7.13. The van der Waals surface area contributed by atoms with Crippen LogP contribution >= 0.6 is 0 Å². The fourth-order valence-corrected chi connectivity index (χ4v) is 2.65. The van der Waals surface area contributed by atoms with E-state index in [0.29, 0.717) is 18.8 Å². The molecule has 0 saturated carbocycles. The molecule has 2 rings (SSSR count). The molecule has 1 aromatic rings. The van der Waals surface area contributed by atoms with Crippen molar-refractivity contribution < 1.29 is 19.1 Å². The molecule has 0 fully saturated rings. The molecule has 0 bridgehead atoms. The molecular weight excluding hydrogens is 304 g/mol. The van der Waals surface area contributed by atoms with Crippen LogP contribution in [0.5, 0.6) is 0 Å². The van der Waals surface area contributed by atoms with Crippen molar-refractivity contribution in [1.29, 1.82) is 0 Å². The van der Waals surface area contributed by atoms with E-state index in [2.05, 4.69) is 0 Å². The molecule has 1 atom stereocenters. The smallest absolute Gasteiger partial charge is 0.335 e. The van der Waals surface area contributed by atoms with E-state index in [0.717, 1.165) is 16.7 Å². The summed E-state index contributed by atoms with van der Waals surface area (Å²) in [4.78, 5) is 25.1. The van der Waals surface area contributed by atoms with Gasteiger partial charge in [-0.1, -0.05) is 45.9 Å². The first-order valence-electron chi connectivity index (χ1n) is 8.46. The molecule has 0 N–H and O–H groups in total. The molecule has 1 unspecified atom stereocenters. The topological polar surface area (TPSA) is 52.6 Å². The first-order valence-corrected chi connectivity index (χ1v) is 8.46. The number of benzene rings is 1. The monoisotopic (exact) mass is 330 g/mol. The van der Waals surface area contributed by atoms with Gasteiger partial charge in [0.05, 0.1) is 18.8 Å². The van der Waals surface area contributed by atoms with Gasteiger partial charge in [-0.15, -0.1) is 0 Å². The van der Waals surface area contributed by atoms with E-state index >= 15 is 0 Å². The van der Waals surface area contributed by atoms with E-state index in [1.807, 2.05) is 52.8 Å². The Morgan fingerprint density at radius 2 is 1.67 bits per heavy atom. The number of aryl methyl sites for hydroxylation is 1. The molecule has 1 aliphatic carbocycles. The number of carbonyl (C=O) groups is 2. The lowest BCUT2D eigenvalue weighted by molar-refractivity contribution is -0.148. The summed E-state index contributed by atoms with van der Waals surface area (Å²) in [7, 11) is 0. The summed E-state index contributed by atoms with van der Waals surface area (Å²) in [6.07, 6.45) is 1.77. The average molecular weight is 330 g/mol. The third-order valence-electron chi connectivity index (χ3n) is 3.86. The molecule has 130 valence electrons. The van der Waals surface area contributed by atoms with Gasteiger partial charge in [-0.05, 0) is 41.5 Å². The molecule has 0 radical (unpaired) electrons. The Hall–Kier alpha value is -2.10. The molecule has 0 amide bonds. The molecule has 4 nitrogen and oxygen atoms in total. The zero-order valence-corrected chi connectivity index (χ0v) is 15.1. The second-order valence-electron chi connectivity index (χ2n) is 7.13. The van der Waals surface area contributed by atoms with Gasteiger partial charge in [0.25, 0.3) is 0 Å². The maximum absolute atomic E-state index is 12.6. The largest absolute Gasteiger partial charge is 0.465 e. The highest BCUT2D eigenvalue weighted by Gasteiger charge is 2.37. The number of hydrogen-bond acceptors (Lipinski definition) is 4. The van der Waals surface area contributed by atoms with Crippen LogP contribution in [0.3, 0.4) is 0 Å². The van der Waals surface area contributed by atoms with Crippen molar-refractivity contribution in [2.24, 2.45) is 11.8 Å². The van der Waals surface area contributed by atoms with E-state index in [1.165, 1.54) is 0 Å². The predicted octanol–water partition coefficient (Wildman–Crippen LogP) is 3.87. The summed E-state index contributed by atoms with van der Waals surface area (Å²) in [5.74, 6) is -1.04. The molecule has 1 aliphatic rings. The summed E-state index contributed by atoms with van der Waals surface area (Å²) < 4.78 is 10.8. The fourth-order valence-electron chi connectivity index (χ4n) is 2.65. The van der Waals surface area contributed by atoms with Crippen LogP contribution in [0.2, 0.25) is 0 Å².